The predicted octanol–water partition coefficient (Wildman–Crippen LogP) is 2.92. The van der Waals surface area contributed by atoms with Crippen LogP contribution >= 0.6 is 11.3 Å². The maximum atomic E-state index is 13.2. The van der Waals surface area contributed by atoms with Crippen LogP contribution in [0.1, 0.15) is 16.1 Å². The van der Waals surface area contributed by atoms with Crippen LogP contribution in [0, 0.1) is 5.82 Å². The average Bonchev–Trinajstić information content (AvgIpc) is 3.29. The highest BCUT2D eigenvalue weighted by molar-refractivity contribution is 7.09. The summed E-state index contributed by atoms with van der Waals surface area (Å²) in [5, 5.41) is 8.10. The van der Waals surface area contributed by atoms with Gasteiger partial charge in [0, 0.05) is 43.1 Å². The zero-order chi connectivity index (χ0) is 17.1. The third-order valence-electron chi connectivity index (χ3n) is 3.84. The minimum atomic E-state index is -0.229. The van der Waals surface area contributed by atoms with Gasteiger partial charge in [0.05, 0.1) is 11.2 Å². The number of benzene rings is 1. The molecule has 0 spiro atoms. The van der Waals surface area contributed by atoms with Gasteiger partial charge in [-0.05, 0) is 17.7 Å². The Morgan fingerprint density at radius 2 is 2.00 bits per heavy atom. The first kappa shape index (κ1) is 15.8. The summed E-state index contributed by atoms with van der Waals surface area (Å²) in [5.74, 6) is -0.229. The molecule has 0 saturated heterocycles. The van der Waals surface area contributed by atoms with E-state index in [9.17, 15) is 4.39 Å². The molecule has 0 aliphatic carbocycles. The topological polar surface area (TPSA) is 59.2 Å². The van der Waals surface area contributed by atoms with E-state index in [1.165, 1.54) is 12.1 Å². The number of hydrogen-bond acceptors (Lipinski definition) is 6. The standard InChI is InChI=1S/C17H15FN6S/c18-14-3-1-13(2-4-14)8-23(9-15-7-19-12-25-15)10-16-17-22-21-11-24(17)6-5-20-16/h1-7,11-12H,8-10H2. The van der Waals surface area contributed by atoms with Crippen molar-refractivity contribution in [1.29, 1.82) is 0 Å². The molecule has 0 aliphatic rings. The van der Waals surface area contributed by atoms with E-state index in [0.29, 0.717) is 13.1 Å². The molecule has 0 atom stereocenters. The van der Waals surface area contributed by atoms with Crippen molar-refractivity contribution in [2.24, 2.45) is 0 Å². The zero-order valence-electron chi connectivity index (χ0n) is 13.3. The second kappa shape index (κ2) is 7.04. The Balaban J connectivity index is 1.60. The molecule has 0 bridgehead atoms. The molecule has 0 N–H and O–H groups in total. The van der Waals surface area contributed by atoms with Gasteiger partial charge < -0.3 is 0 Å². The van der Waals surface area contributed by atoms with Crippen molar-refractivity contribution >= 4 is 17.0 Å². The Morgan fingerprint density at radius 3 is 2.80 bits per heavy atom. The van der Waals surface area contributed by atoms with E-state index in [2.05, 4.69) is 25.1 Å². The van der Waals surface area contributed by atoms with Gasteiger partial charge >= 0.3 is 0 Å². The molecule has 3 aromatic heterocycles. The summed E-state index contributed by atoms with van der Waals surface area (Å²) in [7, 11) is 0. The van der Waals surface area contributed by atoms with Gasteiger partial charge in [-0.1, -0.05) is 12.1 Å². The predicted molar refractivity (Wildman–Crippen MR) is 92.2 cm³/mol. The molecule has 0 unspecified atom stereocenters. The lowest BCUT2D eigenvalue weighted by atomic mass is 10.2. The molecule has 0 radical (unpaired) electrons. The van der Waals surface area contributed by atoms with E-state index in [-0.39, 0.29) is 5.82 Å². The Kier molecular flexibility index (Phi) is 4.45. The molecule has 0 aliphatic heterocycles. The fourth-order valence-electron chi connectivity index (χ4n) is 2.69. The fraction of sp³-hybridized carbons (Fsp3) is 0.176. The first-order valence-corrected chi connectivity index (χ1v) is 8.63. The van der Waals surface area contributed by atoms with Gasteiger partial charge in [-0.25, -0.2) is 4.39 Å². The Labute approximate surface area is 147 Å². The Bertz CT molecular complexity index is 951. The quantitative estimate of drug-likeness (QED) is 0.533. The maximum Gasteiger partial charge on any atom is 0.183 e. The van der Waals surface area contributed by atoms with Crippen molar-refractivity contribution in [3.63, 3.8) is 0 Å². The molecular weight excluding hydrogens is 339 g/mol. The monoisotopic (exact) mass is 354 g/mol. The Morgan fingerprint density at radius 1 is 1.12 bits per heavy atom. The molecule has 3 heterocycles. The van der Waals surface area contributed by atoms with Crippen LogP contribution in [0.25, 0.3) is 5.65 Å². The van der Waals surface area contributed by atoms with Gasteiger partial charge in [0.2, 0.25) is 0 Å². The number of thiazole rings is 1. The largest absolute Gasteiger partial charge is 0.288 e. The van der Waals surface area contributed by atoms with Gasteiger partial charge in [0.25, 0.3) is 0 Å². The first-order valence-electron chi connectivity index (χ1n) is 7.75. The fourth-order valence-corrected chi connectivity index (χ4v) is 3.33. The van der Waals surface area contributed by atoms with Crippen LogP contribution < -0.4 is 0 Å². The van der Waals surface area contributed by atoms with E-state index in [4.69, 9.17) is 0 Å². The lowest BCUT2D eigenvalue weighted by molar-refractivity contribution is 0.247. The molecule has 8 heteroatoms. The lowest BCUT2D eigenvalue weighted by Crippen LogP contribution is -2.23. The third-order valence-corrected chi connectivity index (χ3v) is 4.61. The van der Waals surface area contributed by atoms with Crippen molar-refractivity contribution in [2.45, 2.75) is 19.6 Å². The van der Waals surface area contributed by atoms with Crippen molar-refractivity contribution in [3.8, 4) is 0 Å². The smallest absolute Gasteiger partial charge is 0.183 e. The summed E-state index contributed by atoms with van der Waals surface area (Å²) < 4.78 is 15.0. The van der Waals surface area contributed by atoms with Crippen LogP contribution in [0.15, 0.2) is 54.7 Å². The number of aromatic nitrogens is 5. The Hall–Kier alpha value is -2.71. The summed E-state index contributed by atoms with van der Waals surface area (Å²) >= 11 is 1.61. The highest BCUT2D eigenvalue weighted by Crippen LogP contribution is 2.17. The van der Waals surface area contributed by atoms with E-state index in [0.717, 1.165) is 28.3 Å². The summed E-state index contributed by atoms with van der Waals surface area (Å²) in [6.07, 6.45) is 7.10. The summed E-state index contributed by atoms with van der Waals surface area (Å²) in [6, 6.07) is 6.58. The number of rotatable bonds is 6. The molecule has 25 heavy (non-hydrogen) atoms. The number of hydrogen-bond donors (Lipinski definition) is 0. The summed E-state index contributed by atoms with van der Waals surface area (Å²) in [5.41, 5.74) is 4.46. The second-order valence-corrected chi connectivity index (χ2v) is 6.65. The first-order chi connectivity index (χ1) is 12.3. The van der Waals surface area contributed by atoms with Gasteiger partial charge in [-0.2, -0.15) is 0 Å². The van der Waals surface area contributed by atoms with Crippen molar-refractivity contribution in [1.82, 2.24) is 29.5 Å². The molecule has 4 rings (SSSR count). The highest BCUT2D eigenvalue weighted by Gasteiger charge is 2.13. The molecule has 0 fully saturated rings. The van der Waals surface area contributed by atoms with Crippen LogP contribution in [-0.4, -0.2) is 29.5 Å². The average molecular weight is 354 g/mol. The van der Waals surface area contributed by atoms with Gasteiger partial charge in [0.1, 0.15) is 12.1 Å². The van der Waals surface area contributed by atoms with E-state index in [1.54, 1.807) is 36.0 Å². The second-order valence-electron chi connectivity index (χ2n) is 5.68. The minimum Gasteiger partial charge on any atom is -0.288 e. The minimum absolute atomic E-state index is 0.229. The van der Waals surface area contributed by atoms with Gasteiger partial charge in [-0.3, -0.25) is 19.3 Å². The summed E-state index contributed by atoms with van der Waals surface area (Å²) in [6.45, 7) is 2.02. The van der Waals surface area contributed by atoms with Crippen molar-refractivity contribution in [3.05, 3.63) is 76.6 Å². The van der Waals surface area contributed by atoms with Crippen LogP contribution in [-0.2, 0) is 19.6 Å². The summed E-state index contributed by atoms with van der Waals surface area (Å²) in [4.78, 5) is 12.0. The van der Waals surface area contributed by atoms with E-state index in [1.807, 2.05) is 22.3 Å². The zero-order valence-corrected chi connectivity index (χ0v) is 14.1. The van der Waals surface area contributed by atoms with E-state index < -0.39 is 0 Å². The molecule has 4 aromatic rings. The normalized spacial score (nSPS) is 11.4. The van der Waals surface area contributed by atoms with Crippen LogP contribution in [0.2, 0.25) is 0 Å². The molecule has 0 amide bonds. The molecular formula is C17H15FN6S. The van der Waals surface area contributed by atoms with Gasteiger partial charge in [-0.15, -0.1) is 21.5 Å². The number of halogens is 1. The lowest BCUT2D eigenvalue weighted by Gasteiger charge is -2.21. The SMILES string of the molecule is Fc1ccc(CN(Cc2cncs2)Cc2nccn3cnnc23)cc1. The van der Waals surface area contributed by atoms with Crippen molar-refractivity contribution in [2.75, 3.05) is 0 Å². The number of fused-ring (bicyclic) bond motifs is 1. The van der Waals surface area contributed by atoms with E-state index >= 15 is 0 Å². The highest BCUT2D eigenvalue weighted by atomic mass is 32.1. The molecule has 0 saturated carbocycles. The van der Waals surface area contributed by atoms with Gasteiger partial charge in [0.15, 0.2) is 5.65 Å². The van der Waals surface area contributed by atoms with Crippen LogP contribution in [0.5, 0.6) is 0 Å². The molecule has 6 nitrogen and oxygen atoms in total. The number of nitrogens with zero attached hydrogens (tertiary/aromatic N) is 6. The van der Waals surface area contributed by atoms with Crippen LogP contribution in [0.4, 0.5) is 4.39 Å². The maximum absolute atomic E-state index is 13.2. The molecule has 126 valence electrons. The molecule has 1 aromatic carbocycles. The van der Waals surface area contributed by atoms with Crippen LogP contribution in [0.3, 0.4) is 0 Å². The van der Waals surface area contributed by atoms with Crippen molar-refractivity contribution < 1.29 is 4.39 Å². The third kappa shape index (κ3) is 3.70.